The fraction of sp³-hybridized carbons (Fsp3) is 0.474. The van der Waals surface area contributed by atoms with Crippen LogP contribution in [0.15, 0.2) is 30.5 Å². The molecule has 142 valence electrons. The van der Waals surface area contributed by atoms with Crippen molar-refractivity contribution in [1.82, 2.24) is 20.3 Å². The molecule has 4 rings (SSSR count). The molecule has 2 aliphatic rings. The summed E-state index contributed by atoms with van der Waals surface area (Å²) in [7, 11) is 0. The molecule has 0 aliphatic carbocycles. The first-order valence-corrected chi connectivity index (χ1v) is 9.38. The molecule has 0 bridgehead atoms. The zero-order valence-electron chi connectivity index (χ0n) is 15.1. The van der Waals surface area contributed by atoms with Crippen molar-refractivity contribution >= 4 is 17.5 Å². The van der Waals surface area contributed by atoms with Crippen LogP contribution in [0.5, 0.6) is 0 Å². The van der Waals surface area contributed by atoms with E-state index in [1.807, 2.05) is 24.3 Å². The summed E-state index contributed by atoms with van der Waals surface area (Å²) in [5.74, 6) is -0.0884. The Hall–Kier alpha value is -2.74. The van der Waals surface area contributed by atoms with Gasteiger partial charge >= 0.3 is 0 Å². The summed E-state index contributed by atoms with van der Waals surface area (Å²) >= 11 is 0. The molecule has 0 spiro atoms. The van der Waals surface area contributed by atoms with E-state index in [2.05, 4.69) is 15.6 Å². The molecule has 2 fully saturated rings. The summed E-state index contributed by atoms with van der Waals surface area (Å²) in [6.45, 7) is 2.58. The number of rotatable bonds is 6. The van der Waals surface area contributed by atoms with Crippen LogP contribution in [-0.2, 0) is 22.6 Å². The van der Waals surface area contributed by atoms with Gasteiger partial charge < -0.3 is 15.0 Å². The van der Waals surface area contributed by atoms with Gasteiger partial charge in [0.05, 0.1) is 18.8 Å². The van der Waals surface area contributed by atoms with Crippen molar-refractivity contribution in [3.63, 3.8) is 0 Å². The van der Waals surface area contributed by atoms with Crippen LogP contribution in [0.4, 0.5) is 5.69 Å². The molecule has 1 aromatic carbocycles. The molecule has 2 aliphatic heterocycles. The number of carbonyl (C=O) groups is 2. The van der Waals surface area contributed by atoms with Crippen LogP contribution in [0.1, 0.15) is 41.7 Å². The van der Waals surface area contributed by atoms with Crippen molar-refractivity contribution < 1.29 is 14.3 Å². The van der Waals surface area contributed by atoms with Gasteiger partial charge in [0, 0.05) is 31.8 Å². The Kier molecular flexibility index (Phi) is 5.15. The fourth-order valence-corrected chi connectivity index (χ4v) is 3.48. The molecule has 0 saturated carbocycles. The van der Waals surface area contributed by atoms with E-state index in [0.717, 1.165) is 43.7 Å². The maximum atomic E-state index is 12.3. The molecule has 27 heavy (non-hydrogen) atoms. The Morgan fingerprint density at radius 1 is 1.26 bits per heavy atom. The molecule has 1 atom stereocenters. The lowest BCUT2D eigenvalue weighted by Crippen LogP contribution is -2.24. The molecule has 8 heteroatoms. The second-order valence-corrected chi connectivity index (χ2v) is 6.96. The zero-order valence-corrected chi connectivity index (χ0v) is 15.1. The lowest BCUT2D eigenvalue weighted by atomic mass is 10.2. The van der Waals surface area contributed by atoms with Crippen molar-refractivity contribution in [2.75, 3.05) is 18.1 Å². The van der Waals surface area contributed by atoms with Gasteiger partial charge in [0.1, 0.15) is 0 Å². The van der Waals surface area contributed by atoms with Gasteiger partial charge in [0.25, 0.3) is 5.91 Å². The van der Waals surface area contributed by atoms with Gasteiger partial charge in [0.2, 0.25) is 5.91 Å². The number of ether oxygens (including phenoxy) is 1. The number of carbonyl (C=O) groups excluding carboxylic acids is 2. The Balaban J connectivity index is 1.30. The minimum atomic E-state index is -0.257. The number of nitrogens with one attached hydrogen (secondary N) is 1. The molecule has 2 amide bonds. The third-order valence-corrected chi connectivity index (χ3v) is 4.96. The van der Waals surface area contributed by atoms with Gasteiger partial charge in [-0.2, -0.15) is 0 Å². The smallest absolute Gasteiger partial charge is 0.273 e. The zero-order chi connectivity index (χ0) is 18.6. The number of benzene rings is 1. The third kappa shape index (κ3) is 4.16. The fourth-order valence-electron chi connectivity index (χ4n) is 3.48. The van der Waals surface area contributed by atoms with Crippen molar-refractivity contribution in [3.05, 3.63) is 41.7 Å². The number of amides is 2. The van der Waals surface area contributed by atoms with Crippen LogP contribution < -0.4 is 10.2 Å². The molecule has 0 radical (unpaired) electrons. The Bertz CT molecular complexity index is 811. The van der Waals surface area contributed by atoms with Gasteiger partial charge in [-0.05, 0) is 37.0 Å². The van der Waals surface area contributed by atoms with E-state index in [0.29, 0.717) is 25.2 Å². The third-order valence-electron chi connectivity index (χ3n) is 4.96. The topological polar surface area (TPSA) is 89.4 Å². The van der Waals surface area contributed by atoms with Crippen LogP contribution in [0.3, 0.4) is 0 Å². The molecule has 8 nitrogen and oxygen atoms in total. The first-order chi connectivity index (χ1) is 13.2. The highest BCUT2D eigenvalue weighted by Gasteiger charge is 2.21. The second-order valence-electron chi connectivity index (χ2n) is 6.96. The second kappa shape index (κ2) is 7.87. The van der Waals surface area contributed by atoms with Gasteiger partial charge in [-0.1, -0.05) is 17.3 Å². The lowest BCUT2D eigenvalue weighted by molar-refractivity contribution is -0.117. The number of anilines is 1. The Morgan fingerprint density at radius 2 is 2.11 bits per heavy atom. The van der Waals surface area contributed by atoms with E-state index in [1.54, 1.807) is 15.8 Å². The standard InChI is InChI=1S/C19H23N5O3/c25-18-4-1-9-24(18)15-7-5-14(6-8-15)11-20-19(26)17-13-23(22-21-17)12-16-3-2-10-27-16/h5-8,13,16H,1-4,9-12H2,(H,20,26). The van der Waals surface area contributed by atoms with Crippen LogP contribution in [-0.4, -0.2) is 46.1 Å². The first kappa shape index (κ1) is 17.7. The Morgan fingerprint density at radius 3 is 2.81 bits per heavy atom. The average molecular weight is 369 g/mol. The van der Waals surface area contributed by atoms with Gasteiger partial charge in [-0.25, -0.2) is 4.68 Å². The normalized spacial score (nSPS) is 19.6. The van der Waals surface area contributed by atoms with Crippen molar-refractivity contribution in [2.24, 2.45) is 0 Å². The quantitative estimate of drug-likeness (QED) is 0.834. The SMILES string of the molecule is O=C(NCc1ccc(N2CCCC2=O)cc1)c1cn(CC2CCCO2)nn1. The summed E-state index contributed by atoms with van der Waals surface area (Å²) in [5.41, 5.74) is 2.17. The van der Waals surface area contributed by atoms with E-state index in [4.69, 9.17) is 4.74 Å². The number of aromatic nitrogens is 3. The van der Waals surface area contributed by atoms with Gasteiger partial charge in [0.15, 0.2) is 5.69 Å². The van der Waals surface area contributed by atoms with E-state index in [1.165, 1.54) is 0 Å². The minimum Gasteiger partial charge on any atom is -0.376 e. The number of nitrogens with zero attached hydrogens (tertiary/aromatic N) is 4. The highest BCUT2D eigenvalue weighted by molar-refractivity contribution is 5.95. The number of hydrogen-bond acceptors (Lipinski definition) is 5. The summed E-state index contributed by atoms with van der Waals surface area (Å²) in [6.07, 6.45) is 5.41. The number of hydrogen-bond donors (Lipinski definition) is 1. The molecule has 3 heterocycles. The maximum Gasteiger partial charge on any atom is 0.273 e. The van der Waals surface area contributed by atoms with Crippen molar-refractivity contribution in [1.29, 1.82) is 0 Å². The average Bonchev–Trinajstić information content (AvgIpc) is 3.43. The van der Waals surface area contributed by atoms with Crippen LogP contribution >= 0.6 is 0 Å². The van der Waals surface area contributed by atoms with Crippen molar-refractivity contribution in [2.45, 2.75) is 44.9 Å². The van der Waals surface area contributed by atoms with Crippen LogP contribution in [0, 0.1) is 0 Å². The maximum absolute atomic E-state index is 12.3. The van der Waals surface area contributed by atoms with E-state index in [-0.39, 0.29) is 17.9 Å². The van der Waals surface area contributed by atoms with Crippen LogP contribution in [0.25, 0.3) is 0 Å². The molecular weight excluding hydrogens is 346 g/mol. The highest BCUT2D eigenvalue weighted by Crippen LogP contribution is 2.21. The van der Waals surface area contributed by atoms with E-state index in [9.17, 15) is 9.59 Å². The van der Waals surface area contributed by atoms with E-state index >= 15 is 0 Å². The van der Waals surface area contributed by atoms with Crippen molar-refractivity contribution in [3.8, 4) is 0 Å². The lowest BCUT2D eigenvalue weighted by Gasteiger charge is -2.16. The summed E-state index contributed by atoms with van der Waals surface area (Å²) in [6, 6.07) is 7.69. The first-order valence-electron chi connectivity index (χ1n) is 9.38. The van der Waals surface area contributed by atoms with Crippen LogP contribution in [0.2, 0.25) is 0 Å². The van der Waals surface area contributed by atoms with Gasteiger partial charge in [-0.15, -0.1) is 5.10 Å². The minimum absolute atomic E-state index is 0.156. The molecule has 2 aromatic rings. The molecule has 1 aromatic heterocycles. The predicted octanol–water partition coefficient (Wildman–Crippen LogP) is 1.51. The highest BCUT2D eigenvalue weighted by atomic mass is 16.5. The predicted molar refractivity (Wildman–Crippen MR) is 98.2 cm³/mol. The summed E-state index contributed by atoms with van der Waals surface area (Å²) < 4.78 is 7.23. The summed E-state index contributed by atoms with van der Waals surface area (Å²) in [5, 5.41) is 10.8. The summed E-state index contributed by atoms with van der Waals surface area (Å²) in [4.78, 5) is 25.9. The van der Waals surface area contributed by atoms with E-state index < -0.39 is 0 Å². The van der Waals surface area contributed by atoms with Gasteiger partial charge in [-0.3, -0.25) is 9.59 Å². The molecule has 1 N–H and O–H groups in total. The Labute approximate surface area is 157 Å². The molecule has 2 saturated heterocycles. The molecular formula is C19H23N5O3. The molecule has 1 unspecified atom stereocenters. The monoisotopic (exact) mass is 369 g/mol. The largest absolute Gasteiger partial charge is 0.376 e.